The Kier molecular flexibility index (Phi) is 5.07. The first kappa shape index (κ1) is 22.3. The van der Waals surface area contributed by atoms with Crippen molar-refractivity contribution in [3.05, 3.63) is 64.5 Å². The summed E-state index contributed by atoms with van der Waals surface area (Å²) in [7, 11) is 1.56. The average molecular weight is 466 g/mol. The van der Waals surface area contributed by atoms with E-state index in [1.54, 1.807) is 19.4 Å². The Morgan fingerprint density at radius 2 is 1.82 bits per heavy atom. The number of hydrogen-bond acceptors (Lipinski definition) is 6. The Morgan fingerprint density at radius 1 is 1.09 bits per heavy atom. The predicted molar refractivity (Wildman–Crippen MR) is 120 cm³/mol. The molecule has 1 saturated carbocycles. The zero-order valence-corrected chi connectivity index (χ0v) is 19.4. The summed E-state index contributed by atoms with van der Waals surface area (Å²) in [6, 6.07) is 8.47. The van der Waals surface area contributed by atoms with Gasteiger partial charge in [0, 0.05) is 18.3 Å². The number of ether oxygens (including phenoxy) is 3. The number of aromatic nitrogens is 2. The van der Waals surface area contributed by atoms with E-state index in [1.807, 2.05) is 32.9 Å². The van der Waals surface area contributed by atoms with Gasteiger partial charge in [0.1, 0.15) is 5.78 Å². The molecule has 1 aliphatic carbocycles. The van der Waals surface area contributed by atoms with Gasteiger partial charge < -0.3 is 14.2 Å². The van der Waals surface area contributed by atoms with Crippen molar-refractivity contribution in [1.29, 1.82) is 0 Å². The van der Waals surface area contributed by atoms with E-state index in [9.17, 15) is 13.6 Å². The van der Waals surface area contributed by atoms with Crippen LogP contribution < -0.4 is 14.2 Å². The quantitative estimate of drug-likeness (QED) is 0.495. The van der Waals surface area contributed by atoms with Crippen LogP contribution in [0.5, 0.6) is 17.4 Å². The fourth-order valence-electron chi connectivity index (χ4n) is 4.48. The van der Waals surface area contributed by atoms with Gasteiger partial charge in [-0.05, 0) is 80.1 Å². The number of nitrogens with zero attached hydrogens (tertiary/aromatic N) is 2. The molecule has 3 aromatic rings. The summed E-state index contributed by atoms with van der Waals surface area (Å²) in [6.45, 7) is 5.91. The molecule has 34 heavy (non-hydrogen) atoms. The molecule has 6 nitrogen and oxygen atoms in total. The van der Waals surface area contributed by atoms with E-state index >= 15 is 0 Å². The number of aryl methyl sites for hydroxylation is 2. The lowest BCUT2D eigenvalue weighted by Gasteiger charge is -2.17. The van der Waals surface area contributed by atoms with Crippen LogP contribution in [0.25, 0.3) is 11.3 Å². The molecular weight excluding hydrogens is 442 g/mol. The van der Waals surface area contributed by atoms with Crippen LogP contribution in [0, 0.1) is 20.8 Å². The number of methoxy groups -OCH3 is 1. The third-order valence-corrected chi connectivity index (χ3v) is 6.60. The highest BCUT2D eigenvalue weighted by Crippen LogP contribution is 2.52. The van der Waals surface area contributed by atoms with Gasteiger partial charge in [-0.3, -0.25) is 9.78 Å². The highest BCUT2D eigenvalue weighted by atomic mass is 19.3. The van der Waals surface area contributed by atoms with Gasteiger partial charge in [0.05, 0.1) is 23.8 Å². The second-order valence-electron chi connectivity index (χ2n) is 8.98. The van der Waals surface area contributed by atoms with E-state index in [4.69, 9.17) is 9.72 Å². The van der Waals surface area contributed by atoms with Gasteiger partial charge in [0.2, 0.25) is 5.88 Å². The Morgan fingerprint density at radius 3 is 2.53 bits per heavy atom. The lowest BCUT2D eigenvalue weighted by atomic mass is 9.88. The molecule has 0 amide bonds. The zero-order valence-electron chi connectivity index (χ0n) is 19.4. The van der Waals surface area contributed by atoms with E-state index in [1.165, 1.54) is 12.1 Å². The van der Waals surface area contributed by atoms with E-state index in [0.717, 1.165) is 27.9 Å². The van der Waals surface area contributed by atoms with Crippen molar-refractivity contribution in [2.75, 3.05) is 7.11 Å². The Labute approximate surface area is 195 Å². The lowest BCUT2D eigenvalue weighted by molar-refractivity contribution is -0.286. The number of fused-ring (bicyclic) bond motifs is 1. The summed E-state index contributed by atoms with van der Waals surface area (Å²) < 4.78 is 41.4. The van der Waals surface area contributed by atoms with Crippen molar-refractivity contribution in [1.82, 2.24) is 9.97 Å². The fraction of sp³-hybridized carbons (Fsp3) is 0.346. The highest BCUT2D eigenvalue weighted by molar-refractivity contribution is 5.94. The number of carbonyl (C=O) groups excluding carboxylic acids is 1. The van der Waals surface area contributed by atoms with Gasteiger partial charge in [-0.1, -0.05) is 6.07 Å². The van der Waals surface area contributed by atoms with Crippen LogP contribution in [0.3, 0.4) is 0 Å². The van der Waals surface area contributed by atoms with Crippen LogP contribution in [0.15, 0.2) is 36.5 Å². The molecule has 0 saturated heterocycles. The van der Waals surface area contributed by atoms with Crippen molar-refractivity contribution in [3.63, 3.8) is 0 Å². The normalized spacial score (nSPS) is 16.9. The van der Waals surface area contributed by atoms with Crippen LogP contribution in [-0.4, -0.2) is 29.2 Å². The molecule has 0 atom stereocenters. The van der Waals surface area contributed by atoms with Crippen molar-refractivity contribution in [2.45, 2.75) is 51.7 Å². The minimum absolute atomic E-state index is 0.00541. The summed E-state index contributed by atoms with van der Waals surface area (Å²) in [5.74, 6) is 0.388. The summed E-state index contributed by atoms with van der Waals surface area (Å²) in [6.07, 6.45) is -0.534. The molecule has 1 aliphatic heterocycles. The maximum Gasteiger partial charge on any atom is 0.586 e. The van der Waals surface area contributed by atoms with Gasteiger partial charge in [-0.25, -0.2) is 4.98 Å². The molecule has 0 unspecified atom stereocenters. The second-order valence-corrected chi connectivity index (χ2v) is 8.98. The van der Waals surface area contributed by atoms with Gasteiger partial charge in [-0.2, -0.15) is 0 Å². The molecule has 0 N–H and O–H groups in total. The number of rotatable bonds is 6. The molecular formula is C26H24F2N2O4. The number of carbonyl (C=O) groups is 1. The van der Waals surface area contributed by atoms with Crippen LogP contribution in [0.1, 0.15) is 40.8 Å². The fourth-order valence-corrected chi connectivity index (χ4v) is 4.48. The van der Waals surface area contributed by atoms with E-state index in [-0.39, 0.29) is 23.7 Å². The molecule has 3 heterocycles. The first-order valence-electron chi connectivity index (χ1n) is 11.0. The molecule has 0 bridgehead atoms. The largest absolute Gasteiger partial charge is 0.586 e. The molecule has 2 aliphatic rings. The number of hydrogen-bond donors (Lipinski definition) is 0. The standard InChI is InChI=1S/C26H24F2N2O4/c1-14-9-19(24(32-4)29-13-14)23-16(3)15(2)10-18(30-23)12-22(31)25(7-8-25)17-5-6-20-21(11-17)34-26(27,28)33-20/h5-6,9-11,13H,7-8,12H2,1-4H3. The SMILES string of the molecule is COc1ncc(C)cc1-c1nc(CC(=O)C2(c3ccc4c(c3)OC(F)(F)O4)CC2)cc(C)c1C. The number of alkyl halides is 2. The van der Waals surface area contributed by atoms with Crippen LogP contribution in [0.4, 0.5) is 8.78 Å². The van der Waals surface area contributed by atoms with Gasteiger partial charge in [-0.15, -0.1) is 8.78 Å². The Hall–Kier alpha value is -3.55. The van der Waals surface area contributed by atoms with Crippen LogP contribution >= 0.6 is 0 Å². The molecule has 2 aromatic heterocycles. The molecule has 5 rings (SSSR count). The first-order chi connectivity index (χ1) is 16.1. The Balaban J connectivity index is 1.46. The average Bonchev–Trinajstić information content (AvgIpc) is 3.53. The summed E-state index contributed by atoms with van der Waals surface area (Å²) in [5.41, 5.74) is 5.05. The minimum atomic E-state index is -3.69. The third kappa shape index (κ3) is 3.77. The maximum atomic E-state index is 13.4. The van der Waals surface area contributed by atoms with Crippen molar-refractivity contribution in [2.24, 2.45) is 0 Å². The smallest absolute Gasteiger partial charge is 0.481 e. The van der Waals surface area contributed by atoms with Crippen LogP contribution in [0.2, 0.25) is 0 Å². The van der Waals surface area contributed by atoms with Crippen LogP contribution in [-0.2, 0) is 16.6 Å². The zero-order chi connectivity index (χ0) is 24.3. The van der Waals surface area contributed by atoms with Gasteiger partial charge in [0.15, 0.2) is 11.5 Å². The predicted octanol–water partition coefficient (Wildman–Crippen LogP) is 5.24. The maximum absolute atomic E-state index is 13.4. The summed E-state index contributed by atoms with van der Waals surface area (Å²) >= 11 is 0. The van der Waals surface area contributed by atoms with Gasteiger partial charge >= 0.3 is 6.29 Å². The summed E-state index contributed by atoms with van der Waals surface area (Å²) in [4.78, 5) is 22.6. The molecule has 1 fully saturated rings. The lowest BCUT2D eigenvalue weighted by Crippen LogP contribution is -2.26. The number of pyridine rings is 2. The minimum Gasteiger partial charge on any atom is -0.481 e. The van der Waals surface area contributed by atoms with E-state index in [2.05, 4.69) is 14.5 Å². The van der Waals surface area contributed by atoms with Gasteiger partial charge in [0.25, 0.3) is 0 Å². The topological polar surface area (TPSA) is 70.5 Å². The number of benzene rings is 1. The molecule has 176 valence electrons. The van der Waals surface area contributed by atoms with Crippen molar-refractivity contribution < 1.29 is 27.8 Å². The van der Waals surface area contributed by atoms with E-state index in [0.29, 0.717) is 30.0 Å². The second kappa shape index (κ2) is 7.75. The Bertz CT molecular complexity index is 1320. The first-order valence-corrected chi connectivity index (χ1v) is 11.0. The highest BCUT2D eigenvalue weighted by Gasteiger charge is 2.52. The van der Waals surface area contributed by atoms with E-state index < -0.39 is 11.7 Å². The molecule has 1 aromatic carbocycles. The number of halogens is 2. The molecule has 0 radical (unpaired) electrons. The molecule has 0 spiro atoms. The number of ketones is 1. The monoisotopic (exact) mass is 466 g/mol. The molecule has 8 heteroatoms. The number of Topliss-reactive ketones (excluding diaryl/α,β-unsaturated/α-hetero) is 1. The van der Waals surface area contributed by atoms with Crippen molar-refractivity contribution >= 4 is 5.78 Å². The third-order valence-electron chi connectivity index (χ3n) is 6.60. The summed E-state index contributed by atoms with van der Waals surface area (Å²) in [5, 5.41) is 0. The van der Waals surface area contributed by atoms with Crippen molar-refractivity contribution in [3.8, 4) is 28.6 Å².